The molecular weight excluding hydrogens is 230 g/mol. The van der Waals surface area contributed by atoms with E-state index in [2.05, 4.69) is 10.5 Å². The van der Waals surface area contributed by atoms with E-state index in [4.69, 9.17) is 10.6 Å². The van der Waals surface area contributed by atoms with Gasteiger partial charge in [0.25, 0.3) is 0 Å². The van der Waals surface area contributed by atoms with E-state index in [9.17, 15) is 5.11 Å². The lowest BCUT2D eigenvalue weighted by molar-refractivity contribution is 0.0394. The summed E-state index contributed by atoms with van der Waals surface area (Å²) in [6.45, 7) is 4.62. The summed E-state index contributed by atoms with van der Waals surface area (Å²) in [6, 6.07) is 9.67. The first-order valence-corrected chi connectivity index (χ1v) is 6.02. The van der Waals surface area contributed by atoms with Gasteiger partial charge < -0.3 is 21.0 Å². The third-order valence-electron chi connectivity index (χ3n) is 2.26. The van der Waals surface area contributed by atoms with Crippen molar-refractivity contribution >= 4 is 5.84 Å². The molecule has 0 amide bonds. The molecule has 1 aromatic carbocycles. The van der Waals surface area contributed by atoms with Crippen LogP contribution < -0.4 is 11.1 Å². The molecular formula is C13H21N3O2. The lowest BCUT2D eigenvalue weighted by Crippen LogP contribution is -2.34. The zero-order chi connectivity index (χ0) is 13.4. The first-order chi connectivity index (χ1) is 8.59. The van der Waals surface area contributed by atoms with Gasteiger partial charge in [-0.15, -0.1) is 0 Å². The van der Waals surface area contributed by atoms with Gasteiger partial charge in [-0.05, 0) is 0 Å². The number of aliphatic hydroxyl groups is 1. The second-order valence-corrected chi connectivity index (χ2v) is 4.36. The maximum absolute atomic E-state index is 9.58. The summed E-state index contributed by atoms with van der Waals surface area (Å²) in [5.41, 5.74) is 6.53. The Morgan fingerprint density at radius 3 is 2.67 bits per heavy atom. The van der Waals surface area contributed by atoms with Gasteiger partial charge in [0.2, 0.25) is 0 Å². The smallest absolute Gasteiger partial charge is 0.170 e. The van der Waals surface area contributed by atoms with Crippen LogP contribution in [0.25, 0.3) is 0 Å². The Hall–Kier alpha value is -1.59. The van der Waals surface area contributed by atoms with Crippen LogP contribution in [0.1, 0.15) is 19.4 Å². The van der Waals surface area contributed by atoms with Crippen LogP contribution in [0.5, 0.6) is 0 Å². The minimum Gasteiger partial charge on any atom is -0.391 e. The Kier molecular flexibility index (Phi) is 6.18. The number of benzene rings is 1. The Labute approximate surface area is 108 Å². The summed E-state index contributed by atoms with van der Waals surface area (Å²) in [4.78, 5) is 5.02. The maximum Gasteiger partial charge on any atom is 0.170 e. The van der Waals surface area contributed by atoms with Gasteiger partial charge in [0.15, 0.2) is 5.84 Å². The number of amidine groups is 1. The predicted octanol–water partition coefficient (Wildman–Crippen LogP) is 0.682. The van der Waals surface area contributed by atoms with E-state index in [-0.39, 0.29) is 6.61 Å². The van der Waals surface area contributed by atoms with Gasteiger partial charge in [-0.3, -0.25) is 0 Å². The highest BCUT2D eigenvalue weighted by Gasteiger charge is 2.05. The first kappa shape index (κ1) is 14.5. The molecule has 0 spiro atoms. The lowest BCUT2D eigenvalue weighted by Gasteiger charge is -2.12. The van der Waals surface area contributed by atoms with Gasteiger partial charge in [0.05, 0.1) is 0 Å². The van der Waals surface area contributed by atoms with Crippen molar-refractivity contribution < 1.29 is 9.94 Å². The fourth-order valence-electron chi connectivity index (χ4n) is 1.29. The molecule has 0 fully saturated rings. The highest BCUT2D eigenvalue weighted by molar-refractivity contribution is 5.96. The highest BCUT2D eigenvalue weighted by atomic mass is 16.6. The van der Waals surface area contributed by atoms with Crippen LogP contribution in [0.2, 0.25) is 0 Å². The summed E-state index contributed by atoms with van der Waals surface area (Å²) in [5, 5.41) is 16.5. The molecule has 0 bridgehead atoms. The van der Waals surface area contributed by atoms with E-state index in [0.29, 0.717) is 18.4 Å². The Morgan fingerprint density at radius 2 is 2.06 bits per heavy atom. The molecule has 0 aliphatic carbocycles. The molecule has 5 nitrogen and oxygen atoms in total. The van der Waals surface area contributed by atoms with Gasteiger partial charge in [0, 0.05) is 18.2 Å². The Morgan fingerprint density at radius 1 is 1.39 bits per heavy atom. The quantitative estimate of drug-likeness (QED) is 0.378. The van der Waals surface area contributed by atoms with Crippen LogP contribution in [0.15, 0.2) is 35.5 Å². The number of rotatable bonds is 7. The minimum atomic E-state index is -0.597. The average Bonchev–Trinajstić information content (AvgIpc) is 2.37. The van der Waals surface area contributed by atoms with Gasteiger partial charge >= 0.3 is 0 Å². The largest absolute Gasteiger partial charge is 0.391 e. The highest BCUT2D eigenvalue weighted by Crippen LogP contribution is 1.98. The topological polar surface area (TPSA) is 79.9 Å². The van der Waals surface area contributed by atoms with Crippen LogP contribution in [0, 0.1) is 0 Å². The van der Waals surface area contributed by atoms with E-state index in [0.717, 1.165) is 5.56 Å². The number of hydrogen-bond acceptors (Lipinski definition) is 4. The predicted molar refractivity (Wildman–Crippen MR) is 72.3 cm³/mol. The molecule has 0 radical (unpaired) electrons. The molecule has 0 aliphatic rings. The molecule has 5 heteroatoms. The van der Waals surface area contributed by atoms with Crippen LogP contribution in [0.3, 0.4) is 0 Å². The molecule has 4 N–H and O–H groups in total. The number of nitrogens with one attached hydrogen (secondary N) is 1. The van der Waals surface area contributed by atoms with Crippen molar-refractivity contribution in [3.8, 4) is 0 Å². The Bertz CT molecular complexity index is 366. The second-order valence-electron chi connectivity index (χ2n) is 4.36. The van der Waals surface area contributed by atoms with Crippen molar-refractivity contribution in [2.45, 2.75) is 26.0 Å². The fourth-order valence-corrected chi connectivity index (χ4v) is 1.29. The summed E-state index contributed by atoms with van der Waals surface area (Å²) in [6.07, 6.45) is -0.597. The molecule has 0 aromatic heterocycles. The fraction of sp³-hybridized carbons (Fsp3) is 0.462. The molecule has 1 unspecified atom stereocenters. The Balaban J connectivity index is 2.32. The molecule has 100 valence electrons. The van der Waals surface area contributed by atoms with E-state index >= 15 is 0 Å². The number of oxime groups is 1. The van der Waals surface area contributed by atoms with E-state index < -0.39 is 6.10 Å². The van der Waals surface area contributed by atoms with Crippen molar-refractivity contribution in [2.24, 2.45) is 10.9 Å². The van der Waals surface area contributed by atoms with E-state index in [1.165, 1.54) is 0 Å². The minimum absolute atomic E-state index is 0.118. The van der Waals surface area contributed by atoms with Crippen molar-refractivity contribution in [3.63, 3.8) is 0 Å². The van der Waals surface area contributed by atoms with E-state index in [1.54, 1.807) is 0 Å². The van der Waals surface area contributed by atoms with Crippen molar-refractivity contribution in [1.29, 1.82) is 0 Å². The van der Waals surface area contributed by atoms with Crippen molar-refractivity contribution in [2.75, 3.05) is 13.2 Å². The summed E-state index contributed by atoms with van der Waals surface area (Å²) in [7, 11) is 0. The van der Waals surface area contributed by atoms with Gasteiger partial charge in [-0.25, -0.2) is 0 Å². The van der Waals surface area contributed by atoms with Gasteiger partial charge in [0.1, 0.15) is 12.7 Å². The van der Waals surface area contributed by atoms with Crippen LogP contribution >= 0.6 is 0 Å². The second kappa shape index (κ2) is 7.68. The zero-order valence-electron chi connectivity index (χ0n) is 10.8. The molecule has 1 aromatic rings. The molecule has 1 atom stereocenters. The van der Waals surface area contributed by atoms with Crippen LogP contribution in [-0.4, -0.2) is 36.2 Å². The molecule has 0 aliphatic heterocycles. The molecule has 18 heavy (non-hydrogen) atoms. The summed E-state index contributed by atoms with van der Waals surface area (Å²) in [5.74, 6) is 0.305. The van der Waals surface area contributed by atoms with E-state index in [1.807, 2.05) is 44.2 Å². The number of hydrogen-bond donors (Lipinski definition) is 3. The standard InChI is InChI=1S/C13H21N3O2/c1-10(2)15-8-12(17)9-18-16-13(14)11-6-4-3-5-7-11/h3-7,10,12,15,17H,8-9H2,1-2H3,(H2,14,16). The summed E-state index contributed by atoms with van der Waals surface area (Å²) >= 11 is 0. The normalized spacial score (nSPS) is 13.7. The first-order valence-electron chi connectivity index (χ1n) is 6.02. The third-order valence-corrected chi connectivity index (χ3v) is 2.26. The monoisotopic (exact) mass is 251 g/mol. The van der Waals surface area contributed by atoms with Crippen molar-refractivity contribution in [3.05, 3.63) is 35.9 Å². The number of aliphatic hydroxyl groups excluding tert-OH is 1. The molecule has 0 saturated carbocycles. The SMILES string of the molecule is CC(C)NCC(O)CON=C(N)c1ccccc1. The molecule has 1 rings (SSSR count). The van der Waals surface area contributed by atoms with Gasteiger partial charge in [-0.1, -0.05) is 49.3 Å². The number of nitrogens with two attached hydrogens (primary N) is 1. The zero-order valence-corrected chi connectivity index (χ0v) is 10.8. The molecule has 0 heterocycles. The average molecular weight is 251 g/mol. The maximum atomic E-state index is 9.58. The van der Waals surface area contributed by atoms with Gasteiger partial charge in [-0.2, -0.15) is 0 Å². The molecule has 0 saturated heterocycles. The number of nitrogens with zero attached hydrogens (tertiary/aromatic N) is 1. The van der Waals surface area contributed by atoms with Crippen LogP contribution in [-0.2, 0) is 4.84 Å². The summed E-state index contributed by atoms with van der Waals surface area (Å²) < 4.78 is 0. The van der Waals surface area contributed by atoms with Crippen LogP contribution in [0.4, 0.5) is 0 Å². The third kappa shape index (κ3) is 5.65. The lowest BCUT2D eigenvalue weighted by atomic mass is 10.2. The van der Waals surface area contributed by atoms with Crippen molar-refractivity contribution in [1.82, 2.24) is 5.32 Å².